The number of rotatable bonds is 0. The molecule has 2 saturated carbocycles. The molecule has 0 bridgehead atoms. The number of allylic oxidation sites excluding steroid dienone is 4. The van der Waals surface area contributed by atoms with Crippen molar-refractivity contribution in [3.8, 4) is 0 Å². The topological polar surface area (TPSA) is 34.1 Å². The Kier molecular flexibility index (Phi) is 3.57. The van der Waals surface area contributed by atoms with Crippen LogP contribution >= 0.6 is 0 Å². The second-order valence-corrected chi connectivity index (χ2v) is 10.1. The molecule has 0 aromatic rings. The zero-order chi connectivity index (χ0) is 18.2. The molecule has 25 heavy (non-hydrogen) atoms. The van der Waals surface area contributed by atoms with Crippen LogP contribution in [0.4, 0.5) is 0 Å². The number of fused-ring (bicyclic) bond motifs is 5. The van der Waals surface area contributed by atoms with Crippen LogP contribution in [0.1, 0.15) is 73.1 Å². The fourth-order valence-corrected chi connectivity index (χ4v) is 6.96. The maximum Gasteiger partial charge on any atom is 0.156 e. The molecule has 0 spiro atoms. The summed E-state index contributed by atoms with van der Waals surface area (Å²) in [4.78, 5) is 24.7. The van der Waals surface area contributed by atoms with Gasteiger partial charge in [-0.2, -0.15) is 0 Å². The summed E-state index contributed by atoms with van der Waals surface area (Å²) in [5.41, 5.74) is 2.64. The predicted octanol–water partition coefficient (Wildman–Crippen LogP) is 5.28. The SMILES string of the molecule is CC1=CC2C(CC[C@@]3(C)C2CCC(=O)C3(C)C)[C@@]2(C)CCC(=O)C=C12. The fraction of sp³-hybridized carbons (Fsp3) is 0.739. The van der Waals surface area contributed by atoms with Crippen LogP contribution in [-0.2, 0) is 9.59 Å². The fourth-order valence-electron chi connectivity index (χ4n) is 6.96. The zero-order valence-corrected chi connectivity index (χ0v) is 16.4. The third-order valence-corrected chi connectivity index (χ3v) is 9.03. The lowest BCUT2D eigenvalue weighted by Crippen LogP contribution is -2.58. The molecule has 2 fully saturated rings. The first-order valence-electron chi connectivity index (χ1n) is 10.1. The summed E-state index contributed by atoms with van der Waals surface area (Å²) < 4.78 is 0. The van der Waals surface area contributed by atoms with Crippen molar-refractivity contribution in [3.05, 3.63) is 23.3 Å². The molecule has 4 aliphatic carbocycles. The van der Waals surface area contributed by atoms with Gasteiger partial charge in [-0.3, -0.25) is 9.59 Å². The van der Waals surface area contributed by atoms with Gasteiger partial charge in [0.25, 0.3) is 0 Å². The van der Waals surface area contributed by atoms with Crippen LogP contribution in [0.15, 0.2) is 23.3 Å². The van der Waals surface area contributed by atoms with Gasteiger partial charge in [-0.1, -0.05) is 39.3 Å². The molecule has 0 aliphatic heterocycles. The molecule has 2 nitrogen and oxygen atoms in total. The van der Waals surface area contributed by atoms with E-state index in [0.29, 0.717) is 35.7 Å². The molecule has 0 aromatic heterocycles. The smallest absolute Gasteiger partial charge is 0.156 e. The molecule has 0 saturated heterocycles. The third-order valence-electron chi connectivity index (χ3n) is 9.03. The standard InChI is InChI=1S/C23H32O2/c1-14-12-16-17(22(4)10-8-15(24)13-19(14)22)9-11-23(5)18(16)6-7-20(25)21(23,2)3/h12-13,16-18H,6-11H2,1-5H3/t16?,17?,18?,22-,23+/m1/s1. The van der Waals surface area contributed by atoms with Gasteiger partial charge >= 0.3 is 0 Å². The molecule has 0 amide bonds. The largest absolute Gasteiger partial charge is 0.299 e. The van der Waals surface area contributed by atoms with E-state index in [-0.39, 0.29) is 16.2 Å². The molecule has 4 aliphatic rings. The monoisotopic (exact) mass is 340 g/mol. The average Bonchev–Trinajstić information content (AvgIpc) is 2.54. The van der Waals surface area contributed by atoms with Crippen LogP contribution in [0.25, 0.3) is 0 Å². The van der Waals surface area contributed by atoms with Crippen molar-refractivity contribution >= 4 is 11.6 Å². The molecule has 2 heteroatoms. The summed E-state index contributed by atoms with van der Waals surface area (Å²) in [6.07, 6.45) is 10.2. The number of ketones is 2. The number of hydrogen-bond donors (Lipinski definition) is 0. The van der Waals surface area contributed by atoms with E-state index in [4.69, 9.17) is 0 Å². The Bertz CT molecular complexity index is 710. The van der Waals surface area contributed by atoms with E-state index in [9.17, 15) is 9.59 Å². The second-order valence-electron chi connectivity index (χ2n) is 10.1. The Morgan fingerprint density at radius 2 is 1.68 bits per heavy atom. The normalized spacial score (nSPS) is 45.7. The number of carbonyl (C=O) groups excluding carboxylic acids is 2. The van der Waals surface area contributed by atoms with Gasteiger partial charge in [0.2, 0.25) is 0 Å². The highest BCUT2D eigenvalue weighted by Gasteiger charge is 2.61. The highest BCUT2D eigenvalue weighted by atomic mass is 16.1. The molecule has 0 heterocycles. The van der Waals surface area contributed by atoms with Crippen LogP contribution < -0.4 is 0 Å². The number of Topliss-reactive ketones (excluding diaryl/α,β-unsaturated/α-hetero) is 1. The van der Waals surface area contributed by atoms with E-state index in [0.717, 1.165) is 25.7 Å². The molecule has 0 radical (unpaired) electrons. The lowest BCUT2D eigenvalue weighted by molar-refractivity contribution is -0.156. The van der Waals surface area contributed by atoms with Gasteiger partial charge in [0.15, 0.2) is 5.78 Å². The van der Waals surface area contributed by atoms with Gasteiger partial charge in [-0.15, -0.1) is 0 Å². The van der Waals surface area contributed by atoms with Crippen LogP contribution in [0.2, 0.25) is 0 Å². The average molecular weight is 341 g/mol. The summed E-state index contributed by atoms with van der Waals surface area (Å²) in [6.45, 7) is 11.4. The van der Waals surface area contributed by atoms with Crippen LogP contribution in [-0.4, -0.2) is 11.6 Å². The van der Waals surface area contributed by atoms with Gasteiger partial charge in [0.05, 0.1) is 0 Å². The van der Waals surface area contributed by atoms with Crippen molar-refractivity contribution in [1.82, 2.24) is 0 Å². The summed E-state index contributed by atoms with van der Waals surface area (Å²) in [6, 6.07) is 0. The Morgan fingerprint density at radius 1 is 0.960 bits per heavy atom. The number of hydrogen-bond acceptors (Lipinski definition) is 2. The molecule has 0 N–H and O–H groups in total. The van der Waals surface area contributed by atoms with E-state index in [1.165, 1.54) is 17.6 Å². The van der Waals surface area contributed by atoms with Gasteiger partial charge in [0.1, 0.15) is 5.78 Å². The van der Waals surface area contributed by atoms with Crippen molar-refractivity contribution in [1.29, 1.82) is 0 Å². The molecule has 4 rings (SSSR count). The van der Waals surface area contributed by atoms with Crippen LogP contribution in [0.5, 0.6) is 0 Å². The lowest BCUT2D eigenvalue weighted by Gasteiger charge is -2.62. The predicted molar refractivity (Wildman–Crippen MR) is 100 cm³/mol. The zero-order valence-electron chi connectivity index (χ0n) is 16.4. The van der Waals surface area contributed by atoms with Gasteiger partial charge in [-0.25, -0.2) is 0 Å². The van der Waals surface area contributed by atoms with Crippen molar-refractivity contribution in [2.24, 2.45) is 34.0 Å². The molecular formula is C23H32O2. The maximum atomic E-state index is 12.7. The maximum absolute atomic E-state index is 12.7. The summed E-state index contributed by atoms with van der Waals surface area (Å²) in [5.74, 6) is 2.52. The van der Waals surface area contributed by atoms with E-state index < -0.39 is 0 Å². The first-order valence-corrected chi connectivity index (χ1v) is 10.1. The molecule has 5 atom stereocenters. The minimum atomic E-state index is -0.220. The van der Waals surface area contributed by atoms with Crippen molar-refractivity contribution < 1.29 is 9.59 Å². The molecular weight excluding hydrogens is 308 g/mol. The molecule has 3 unspecified atom stereocenters. The van der Waals surface area contributed by atoms with Crippen molar-refractivity contribution in [3.63, 3.8) is 0 Å². The van der Waals surface area contributed by atoms with Crippen molar-refractivity contribution in [2.45, 2.75) is 73.1 Å². The van der Waals surface area contributed by atoms with Gasteiger partial charge in [-0.05, 0) is 72.8 Å². The Labute approximate surface area is 152 Å². The summed E-state index contributed by atoms with van der Waals surface area (Å²) in [7, 11) is 0. The summed E-state index contributed by atoms with van der Waals surface area (Å²) in [5, 5.41) is 0. The van der Waals surface area contributed by atoms with Crippen LogP contribution in [0.3, 0.4) is 0 Å². The van der Waals surface area contributed by atoms with E-state index in [2.05, 4.69) is 40.7 Å². The lowest BCUT2D eigenvalue weighted by atomic mass is 9.41. The first kappa shape index (κ1) is 17.2. The second kappa shape index (κ2) is 5.18. The highest BCUT2D eigenvalue weighted by Crippen LogP contribution is 2.66. The minimum absolute atomic E-state index is 0.0995. The Hall–Kier alpha value is -1.18. The van der Waals surface area contributed by atoms with Crippen molar-refractivity contribution in [2.75, 3.05) is 0 Å². The first-order chi connectivity index (χ1) is 11.6. The minimum Gasteiger partial charge on any atom is -0.299 e. The Balaban J connectivity index is 1.81. The van der Waals surface area contributed by atoms with E-state index in [1.54, 1.807) is 0 Å². The van der Waals surface area contributed by atoms with Crippen LogP contribution in [0, 0.1) is 34.0 Å². The van der Waals surface area contributed by atoms with Gasteiger partial charge in [0, 0.05) is 18.3 Å². The molecule has 136 valence electrons. The summed E-state index contributed by atoms with van der Waals surface area (Å²) >= 11 is 0. The van der Waals surface area contributed by atoms with E-state index >= 15 is 0 Å². The Morgan fingerprint density at radius 3 is 2.40 bits per heavy atom. The quantitative estimate of drug-likeness (QED) is 0.601. The number of carbonyl (C=O) groups is 2. The van der Waals surface area contributed by atoms with Gasteiger partial charge < -0.3 is 0 Å². The van der Waals surface area contributed by atoms with E-state index in [1.807, 2.05) is 6.08 Å². The third kappa shape index (κ3) is 2.09. The highest BCUT2D eigenvalue weighted by molar-refractivity contribution is 5.92. The molecule has 0 aromatic carbocycles.